The number of carbonyl (C=O) groups excluding carboxylic acids is 3. The number of nitrogens with one attached hydrogen (secondary N) is 3. The van der Waals surface area contributed by atoms with Crippen molar-refractivity contribution in [2.45, 2.75) is 11.8 Å². The number of hydrogen-bond donors (Lipinski definition) is 3. The molecule has 0 bridgehead atoms. The van der Waals surface area contributed by atoms with Crippen LogP contribution in [-0.4, -0.2) is 30.8 Å². The number of amides is 3. The van der Waals surface area contributed by atoms with E-state index in [-0.39, 0.29) is 19.0 Å². The highest BCUT2D eigenvalue weighted by atomic mass is 32.2. The maximum absolute atomic E-state index is 11.6. The third-order valence-corrected chi connectivity index (χ3v) is 2.87. The molecule has 1 aromatic rings. The van der Waals surface area contributed by atoms with Crippen LogP contribution in [0.5, 0.6) is 0 Å². The van der Waals surface area contributed by atoms with Gasteiger partial charge in [-0.2, -0.15) is 5.26 Å². The van der Waals surface area contributed by atoms with Crippen molar-refractivity contribution >= 4 is 35.2 Å². The van der Waals surface area contributed by atoms with E-state index in [0.29, 0.717) is 5.69 Å². The monoisotopic (exact) mass is 306 g/mol. The molecule has 21 heavy (non-hydrogen) atoms. The Morgan fingerprint density at radius 2 is 1.71 bits per heavy atom. The summed E-state index contributed by atoms with van der Waals surface area (Å²) in [4.78, 5) is 34.4. The molecule has 0 heterocycles. The highest BCUT2D eigenvalue weighted by Crippen LogP contribution is 2.18. The van der Waals surface area contributed by atoms with Gasteiger partial charge in [-0.15, -0.1) is 0 Å². The molecule has 0 aliphatic rings. The third-order valence-electron chi connectivity index (χ3n) is 2.27. The number of thiocyanates is 1. The predicted molar refractivity (Wildman–Crippen MR) is 78.2 cm³/mol. The number of nitrogens with zero attached hydrogens (tertiary/aromatic N) is 1. The number of anilines is 1. The second-order valence-corrected chi connectivity index (χ2v) is 4.77. The molecule has 1 rings (SSSR count). The van der Waals surface area contributed by atoms with E-state index < -0.39 is 11.8 Å². The molecule has 0 atom stereocenters. The van der Waals surface area contributed by atoms with Crippen molar-refractivity contribution in [3.05, 3.63) is 24.3 Å². The average Bonchev–Trinajstić information content (AvgIpc) is 2.45. The van der Waals surface area contributed by atoms with Crippen molar-refractivity contribution in [3.63, 3.8) is 0 Å². The zero-order valence-corrected chi connectivity index (χ0v) is 12.1. The fourth-order valence-electron chi connectivity index (χ4n) is 1.34. The minimum atomic E-state index is -0.793. The second kappa shape index (κ2) is 8.60. The summed E-state index contributed by atoms with van der Waals surface area (Å²) >= 11 is 1.00. The van der Waals surface area contributed by atoms with Gasteiger partial charge in [0.25, 0.3) is 0 Å². The fraction of sp³-hybridized carbons (Fsp3) is 0.231. The minimum Gasteiger partial charge on any atom is -0.355 e. The highest BCUT2D eigenvalue weighted by molar-refractivity contribution is 8.03. The Balaban J connectivity index is 2.39. The number of carbonyl (C=O) groups is 3. The first-order valence-corrected chi connectivity index (χ1v) is 6.84. The molecule has 3 amide bonds. The van der Waals surface area contributed by atoms with E-state index in [1.807, 2.05) is 5.40 Å². The van der Waals surface area contributed by atoms with Gasteiger partial charge >= 0.3 is 11.8 Å². The van der Waals surface area contributed by atoms with Crippen LogP contribution in [0.3, 0.4) is 0 Å². The van der Waals surface area contributed by atoms with Gasteiger partial charge in [-0.3, -0.25) is 14.4 Å². The Kier molecular flexibility index (Phi) is 6.77. The van der Waals surface area contributed by atoms with E-state index in [9.17, 15) is 14.4 Å². The second-order valence-electron chi connectivity index (χ2n) is 3.91. The summed E-state index contributed by atoms with van der Waals surface area (Å²) in [5.74, 6) is -1.78. The minimum absolute atomic E-state index is 0.170. The first-order valence-electron chi connectivity index (χ1n) is 6.02. The van der Waals surface area contributed by atoms with Gasteiger partial charge in [0, 0.05) is 30.6 Å². The standard InChI is InChI=1S/C13H14N4O3S/c1-9(18)15-6-7-16-12(19)13(20)17-10-2-4-11(5-3-10)21-8-14/h2-5H,6-7H2,1H3,(H,15,18)(H,16,19)(H,17,20). The van der Waals surface area contributed by atoms with Crippen LogP contribution in [0.4, 0.5) is 5.69 Å². The molecule has 0 aliphatic carbocycles. The smallest absolute Gasteiger partial charge is 0.313 e. The molecule has 7 nitrogen and oxygen atoms in total. The predicted octanol–water partition coefficient (Wildman–Crippen LogP) is 0.451. The third kappa shape index (κ3) is 6.44. The van der Waals surface area contributed by atoms with E-state index in [2.05, 4.69) is 16.0 Å². The lowest BCUT2D eigenvalue weighted by Crippen LogP contribution is -2.39. The van der Waals surface area contributed by atoms with Crippen LogP contribution in [0.1, 0.15) is 6.92 Å². The molecular weight excluding hydrogens is 292 g/mol. The number of nitriles is 1. The van der Waals surface area contributed by atoms with E-state index in [4.69, 9.17) is 5.26 Å². The first kappa shape index (κ1) is 16.5. The SMILES string of the molecule is CC(=O)NCCNC(=O)C(=O)Nc1ccc(SC#N)cc1. The summed E-state index contributed by atoms with van der Waals surface area (Å²) in [6.45, 7) is 1.79. The van der Waals surface area contributed by atoms with E-state index >= 15 is 0 Å². The van der Waals surface area contributed by atoms with Gasteiger partial charge in [-0.1, -0.05) is 0 Å². The number of benzene rings is 1. The Hall–Kier alpha value is -2.53. The Bertz CT molecular complexity index is 566. The molecule has 0 radical (unpaired) electrons. The van der Waals surface area contributed by atoms with Gasteiger partial charge in [0.05, 0.1) is 0 Å². The molecule has 8 heteroatoms. The Morgan fingerprint density at radius 3 is 2.29 bits per heavy atom. The van der Waals surface area contributed by atoms with E-state index in [1.54, 1.807) is 24.3 Å². The van der Waals surface area contributed by atoms with Gasteiger partial charge < -0.3 is 16.0 Å². The number of hydrogen-bond acceptors (Lipinski definition) is 5. The molecule has 0 unspecified atom stereocenters. The van der Waals surface area contributed by atoms with Crippen LogP contribution in [0.2, 0.25) is 0 Å². The maximum Gasteiger partial charge on any atom is 0.313 e. The van der Waals surface area contributed by atoms with Crippen molar-refractivity contribution in [2.75, 3.05) is 18.4 Å². The van der Waals surface area contributed by atoms with Crippen LogP contribution in [-0.2, 0) is 14.4 Å². The van der Waals surface area contributed by atoms with Gasteiger partial charge in [-0.25, -0.2) is 0 Å². The molecule has 0 saturated heterocycles. The van der Waals surface area contributed by atoms with Crippen LogP contribution >= 0.6 is 11.8 Å². The van der Waals surface area contributed by atoms with Crippen molar-refractivity contribution in [1.82, 2.24) is 10.6 Å². The zero-order chi connectivity index (χ0) is 15.7. The Labute approximate surface area is 126 Å². The zero-order valence-electron chi connectivity index (χ0n) is 11.3. The lowest BCUT2D eigenvalue weighted by atomic mass is 10.3. The van der Waals surface area contributed by atoms with Crippen molar-refractivity contribution in [2.24, 2.45) is 0 Å². The molecule has 1 aromatic carbocycles. The summed E-state index contributed by atoms with van der Waals surface area (Å²) in [5, 5.41) is 17.7. The van der Waals surface area contributed by atoms with Crippen molar-refractivity contribution < 1.29 is 14.4 Å². The molecule has 3 N–H and O–H groups in total. The Morgan fingerprint density at radius 1 is 1.10 bits per heavy atom. The highest BCUT2D eigenvalue weighted by Gasteiger charge is 2.12. The van der Waals surface area contributed by atoms with Gasteiger partial charge in [0.2, 0.25) is 5.91 Å². The molecular formula is C13H14N4O3S. The van der Waals surface area contributed by atoms with Crippen molar-refractivity contribution in [1.29, 1.82) is 5.26 Å². The van der Waals surface area contributed by atoms with E-state index in [0.717, 1.165) is 16.7 Å². The number of thioether (sulfide) groups is 1. The largest absolute Gasteiger partial charge is 0.355 e. The molecule has 0 aromatic heterocycles. The van der Waals surface area contributed by atoms with Crippen LogP contribution < -0.4 is 16.0 Å². The molecule has 0 fully saturated rings. The van der Waals surface area contributed by atoms with Gasteiger partial charge in [0.1, 0.15) is 5.40 Å². The van der Waals surface area contributed by atoms with Gasteiger partial charge in [0.15, 0.2) is 0 Å². The van der Waals surface area contributed by atoms with Crippen molar-refractivity contribution in [3.8, 4) is 5.40 Å². The summed E-state index contributed by atoms with van der Waals surface area (Å²) in [7, 11) is 0. The maximum atomic E-state index is 11.6. The lowest BCUT2D eigenvalue weighted by Gasteiger charge is -2.07. The normalized spacial score (nSPS) is 9.33. The van der Waals surface area contributed by atoms with Crippen LogP contribution in [0, 0.1) is 10.7 Å². The van der Waals surface area contributed by atoms with E-state index in [1.165, 1.54) is 6.92 Å². The first-order chi connectivity index (χ1) is 10.0. The quantitative estimate of drug-likeness (QED) is 0.316. The summed E-state index contributed by atoms with van der Waals surface area (Å²) < 4.78 is 0. The summed E-state index contributed by atoms with van der Waals surface area (Å²) in [6.07, 6.45) is 0. The topological polar surface area (TPSA) is 111 Å². The summed E-state index contributed by atoms with van der Waals surface area (Å²) in [6, 6.07) is 6.53. The lowest BCUT2D eigenvalue weighted by molar-refractivity contribution is -0.136. The van der Waals surface area contributed by atoms with Crippen LogP contribution in [0.25, 0.3) is 0 Å². The molecule has 0 spiro atoms. The molecule has 0 saturated carbocycles. The summed E-state index contributed by atoms with van der Waals surface area (Å²) in [5.41, 5.74) is 0.458. The van der Waals surface area contributed by atoms with Gasteiger partial charge in [-0.05, 0) is 36.0 Å². The molecule has 0 aliphatic heterocycles. The van der Waals surface area contributed by atoms with Crippen LogP contribution in [0.15, 0.2) is 29.2 Å². The average molecular weight is 306 g/mol. The fourth-order valence-corrected chi connectivity index (χ4v) is 1.72. The number of rotatable bonds is 5. The molecule has 110 valence electrons.